The maximum absolute atomic E-state index is 11.8. The minimum Gasteiger partial charge on any atom is -0.494 e. The number of carbonyl (C=O) groups is 1. The number of thioether (sulfide) groups is 1. The molecule has 0 saturated carbocycles. The molecule has 0 aliphatic rings. The molecule has 0 radical (unpaired) electrons. The molecule has 4 nitrogen and oxygen atoms in total. The molecule has 0 atom stereocenters. The molecule has 1 heterocycles. The molecule has 0 unspecified atom stereocenters. The van der Waals surface area contributed by atoms with Crippen molar-refractivity contribution in [3.05, 3.63) is 35.3 Å². The SMILES string of the molecule is CCOc1ccc(SCC(=O)Nc2nc(C)cs2)cc1. The van der Waals surface area contributed by atoms with Crippen molar-refractivity contribution < 1.29 is 9.53 Å². The number of hydrogen-bond donors (Lipinski definition) is 1. The van der Waals surface area contributed by atoms with Gasteiger partial charge in [0.2, 0.25) is 5.91 Å². The van der Waals surface area contributed by atoms with E-state index in [1.807, 2.05) is 43.5 Å². The molecule has 1 aromatic carbocycles. The lowest BCUT2D eigenvalue weighted by atomic mass is 10.3. The second-order valence-electron chi connectivity index (χ2n) is 4.04. The van der Waals surface area contributed by atoms with Gasteiger partial charge in [-0.15, -0.1) is 23.1 Å². The van der Waals surface area contributed by atoms with Crippen molar-refractivity contribution >= 4 is 34.1 Å². The molecule has 106 valence electrons. The molecule has 20 heavy (non-hydrogen) atoms. The van der Waals surface area contributed by atoms with Crippen molar-refractivity contribution in [1.82, 2.24) is 4.98 Å². The average Bonchev–Trinajstić information content (AvgIpc) is 2.84. The second-order valence-corrected chi connectivity index (χ2v) is 5.94. The maximum Gasteiger partial charge on any atom is 0.236 e. The van der Waals surface area contributed by atoms with E-state index in [1.165, 1.54) is 23.1 Å². The number of aromatic nitrogens is 1. The zero-order valence-corrected chi connectivity index (χ0v) is 13.0. The molecule has 1 amide bonds. The highest BCUT2D eigenvalue weighted by molar-refractivity contribution is 8.00. The van der Waals surface area contributed by atoms with Crippen LogP contribution < -0.4 is 10.1 Å². The van der Waals surface area contributed by atoms with Gasteiger partial charge in [-0.3, -0.25) is 4.79 Å². The van der Waals surface area contributed by atoms with E-state index in [1.54, 1.807) is 0 Å². The fraction of sp³-hybridized carbons (Fsp3) is 0.286. The van der Waals surface area contributed by atoms with Crippen molar-refractivity contribution in [3.63, 3.8) is 0 Å². The van der Waals surface area contributed by atoms with E-state index >= 15 is 0 Å². The van der Waals surface area contributed by atoms with E-state index < -0.39 is 0 Å². The summed E-state index contributed by atoms with van der Waals surface area (Å²) < 4.78 is 5.37. The molecule has 0 fully saturated rings. The topological polar surface area (TPSA) is 51.2 Å². The van der Waals surface area contributed by atoms with Crippen LogP contribution in [0.5, 0.6) is 5.75 Å². The van der Waals surface area contributed by atoms with Crippen LogP contribution in [0.3, 0.4) is 0 Å². The number of nitrogens with zero attached hydrogens (tertiary/aromatic N) is 1. The van der Waals surface area contributed by atoms with E-state index in [9.17, 15) is 4.79 Å². The summed E-state index contributed by atoms with van der Waals surface area (Å²) >= 11 is 2.93. The fourth-order valence-corrected chi connectivity index (χ4v) is 2.92. The highest BCUT2D eigenvalue weighted by atomic mass is 32.2. The van der Waals surface area contributed by atoms with Crippen molar-refractivity contribution in [1.29, 1.82) is 0 Å². The molecule has 1 N–H and O–H groups in total. The molecule has 0 aliphatic heterocycles. The van der Waals surface area contributed by atoms with Gasteiger partial charge < -0.3 is 10.1 Å². The Balaban J connectivity index is 1.80. The molecule has 1 aromatic heterocycles. The monoisotopic (exact) mass is 308 g/mol. The molecule has 0 saturated heterocycles. The molecule has 2 rings (SSSR count). The lowest BCUT2D eigenvalue weighted by Crippen LogP contribution is -2.13. The smallest absolute Gasteiger partial charge is 0.236 e. The lowest BCUT2D eigenvalue weighted by Gasteiger charge is -2.05. The first-order chi connectivity index (χ1) is 9.67. The third kappa shape index (κ3) is 4.54. The van der Waals surface area contributed by atoms with Gasteiger partial charge in [0, 0.05) is 10.3 Å². The Morgan fingerprint density at radius 1 is 1.40 bits per heavy atom. The lowest BCUT2D eigenvalue weighted by molar-refractivity contribution is -0.113. The standard InChI is InChI=1S/C14H16N2O2S2/c1-3-18-11-4-6-12(7-5-11)19-9-13(17)16-14-15-10(2)8-20-14/h4-8H,3,9H2,1-2H3,(H,15,16,17). The molecule has 0 aliphatic carbocycles. The van der Waals surface area contributed by atoms with Crippen LogP contribution >= 0.6 is 23.1 Å². The Bertz CT molecular complexity index is 567. The summed E-state index contributed by atoms with van der Waals surface area (Å²) in [6, 6.07) is 7.73. The van der Waals surface area contributed by atoms with Crippen LogP contribution in [0, 0.1) is 6.92 Å². The van der Waals surface area contributed by atoms with Gasteiger partial charge in [0.25, 0.3) is 0 Å². The van der Waals surface area contributed by atoms with Gasteiger partial charge in [-0.25, -0.2) is 4.98 Å². The number of hydrogen-bond acceptors (Lipinski definition) is 5. The van der Waals surface area contributed by atoms with Gasteiger partial charge in [-0.05, 0) is 38.1 Å². The Kier molecular flexibility index (Phi) is 5.43. The highest BCUT2D eigenvalue weighted by Gasteiger charge is 2.06. The molecule has 6 heteroatoms. The number of amides is 1. The zero-order valence-electron chi connectivity index (χ0n) is 11.4. The van der Waals surface area contributed by atoms with Gasteiger partial charge in [-0.1, -0.05) is 0 Å². The van der Waals surface area contributed by atoms with E-state index in [2.05, 4.69) is 10.3 Å². The fourth-order valence-electron chi connectivity index (χ4n) is 1.51. The largest absolute Gasteiger partial charge is 0.494 e. The van der Waals surface area contributed by atoms with Crippen LogP contribution in [-0.2, 0) is 4.79 Å². The van der Waals surface area contributed by atoms with Crippen LogP contribution in [0.1, 0.15) is 12.6 Å². The first-order valence-corrected chi connectivity index (χ1v) is 8.11. The zero-order chi connectivity index (χ0) is 14.4. The quantitative estimate of drug-likeness (QED) is 0.829. The number of benzene rings is 1. The molecular weight excluding hydrogens is 292 g/mol. The Morgan fingerprint density at radius 2 is 2.15 bits per heavy atom. The predicted octanol–water partition coefficient (Wildman–Crippen LogP) is 3.58. The first-order valence-electron chi connectivity index (χ1n) is 6.25. The number of aryl methyl sites for hydroxylation is 1. The highest BCUT2D eigenvalue weighted by Crippen LogP contribution is 2.22. The normalized spacial score (nSPS) is 10.3. The molecule has 0 bridgehead atoms. The van der Waals surface area contributed by atoms with Crippen molar-refractivity contribution in [2.45, 2.75) is 18.7 Å². The van der Waals surface area contributed by atoms with Gasteiger partial charge >= 0.3 is 0 Å². The summed E-state index contributed by atoms with van der Waals surface area (Å²) in [4.78, 5) is 17.0. The molecule has 0 spiro atoms. The minimum absolute atomic E-state index is 0.0433. The summed E-state index contributed by atoms with van der Waals surface area (Å²) in [7, 11) is 0. The van der Waals surface area contributed by atoms with Crippen LogP contribution in [0.2, 0.25) is 0 Å². The number of thiazole rings is 1. The van der Waals surface area contributed by atoms with Crippen LogP contribution in [-0.4, -0.2) is 23.3 Å². The number of nitrogens with one attached hydrogen (secondary N) is 1. The van der Waals surface area contributed by atoms with Crippen molar-refractivity contribution in [2.24, 2.45) is 0 Å². The maximum atomic E-state index is 11.8. The minimum atomic E-state index is -0.0433. The average molecular weight is 308 g/mol. The van der Waals surface area contributed by atoms with Crippen molar-refractivity contribution in [2.75, 3.05) is 17.7 Å². The predicted molar refractivity (Wildman–Crippen MR) is 83.8 cm³/mol. The summed E-state index contributed by atoms with van der Waals surface area (Å²) in [6.07, 6.45) is 0. The van der Waals surface area contributed by atoms with Gasteiger partial charge in [0.15, 0.2) is 5.13 Å². The first kappa shape index (κ1) is 14.9. The summed E-state index contributed by atoms with van der Waals surface area (Å²) in [5.74, 6) is 1.17. The van der Waals surface area contributed by atoms with Gasteiger partial charge in [0.05, 0.1) is 18.1 Å². The van der Waals surface area contributed by atoms with Gasteiger partial charge in [-0.2, -0.15) is 0 Å². The third-order valence-electron chi connectivity index (χ3n) is 2.37. The third-order valence-corrected chi connectivity index (χ3v) is 4.26. The Hall–Kier alpha value is -1.53. The summed E-state index contributed by atoms with van der Waals surface area (Å²) in [5, 5.41) is 5.35. The molecule has 2 aromatic rings. The second kappa shape index (κ2) is 7.31. The number of ether oxygens (including phenoxy) is 1. The van der Waals surface area contributed by atoms with Crippen LogP contribution in [0.25, 0.3) is 0 Å². The van der Waals surface area contributed by atoms with Crippen molar-refractivity contribution in [3.8, 4) is 5.75 Å². The van der Waals surface area contributed by atoms with Crippen LogP contribution in [0.4, 0.5) is 5.13 Å². The van der Waals surface area contributed by atoms with E-state index in [0.717, 1.165) is 16.3 Å². The van der Waals surface area contributed by atoms with Gasteiger partial charge in [0.1, 0.15) is 5.75 Å². The van der Waals surface area contributed by atoms with Crippen LogP contribution in [0.15, 0.2) is 34.5 Å². The summed E-state index contributed by atoms with van der Waals surface area (Å²) in [6.45, 7) is 4.51. The van der Waals surface area contributed by atoms with E-state index in [-0.39, 0.29) is 5.91 Å². The number of carbonyl (C=O) groups excluding carboxylic acids is 1. The Labute approximate surface area is 126 Å². The molecular formula is C14H16N2O2S2. The number of anilines is 1. The van der Waals surface area contributed by atoms with E-state index in [0.29, 0.717) is 17.5 Å². The number of rotatable bonds is 6. The van der Waals surface area contributed by atoms with E-state index in [4.69, 9.17) is 4.74 Å². The summed E-state index contributed by atoms with van der Waals surface area (Å²) in [5.41, 5.74) is 0.921. The Morgan fingerprint density at radius 3 is 2.75 bits per heavy atom.